The summed E-state index contributed by atoms with van der Waals surface area (Å²) in [5.74, 6) is -5.43. The molecule has 0 aliphatic carbocycles. The van der Waals surface area contributed by atoms with Gasteiger partial charge in [0.2, 0.25) is 5.91 Å². The lowest BCUT2D eigenvalue weighted by molar-refractivity contribution is -0.193. The number of alkyl halides is 6. The van der Waals surface area contributed by atoms with Crippen LogP contribution in [-0.4, -0.2) is 107 Å². The molecule has 2 saturated heterocycles. The summed E-state index contributed by atoms with van der Waals surface area (Å²) in [6.45, 7) is 7.04. The van der Waals surface area contributed by atoms with E-state index in [1.807, 2.05) is 29.3 Å². The van der Waals surface area contributed by atoms with Crippen molar-refractivity contribution in [2.45, 2.75) is 31.4 Å². The Morgan fingerprint density at radius 2 is 1.58 bits per heavy atom. The number of carbonyl (C=O) groups excluding carboxylic acids is 1. The van der Waals surface area contributed by atoms with E-state index < -0.39 is 29.9 Å². The topological polar surface area (TPSA) is 130 Å². The maximum absolute atomic E-state index is 11.7. The minimum absolute atomic E-state index is 0.0790. The highest BCUT2D eigenvalue weighted by atomic mass is 19.4. The maximum atomic E-state index is 11.7. The zero-order chi connectivity index (χ0) is 27.6. The van der Waals surface area contributed by atoms with Crippen LogP contribution in [0.5, 0.6) is 0 Å². The van der Waals surface area contributed by atoms with E-state index in [-0.39, 0.29) is 5.91 Å². The van der Waals surface area contributed by atoms with E-state index in [0.29, 0.717) is 32.9 Å². The summed E-state index contributed by atoms with van der Waals surface area (Å²) in [6.07, 6.45) is -8.35. The number of halogens is 6. The van der Waals surface area contributed by atoms with E-state index in [0.717, 1.165) is 25.3 Å². The van der Waals surface area contributed by atoms with Crippen LogP contribution >= 0.6 is 0 Å². The summed E-state index contributed by atoms with van der Waals surface area (Å²) in [6, 6.07) is 5.96. The van der Waals surface area contributed by atoms with Gasteiger partial charge in [-0.3, -0.25) is 14.7 Å². The van der Waals surface area contributed by atoms with E-state index in [2.05, 4.69) is 9.88 Å². The predicted molar refractivity (Wildman–Crippen MR) is 109 cm³/mol. The number of carboxylic acid groups (broad SMARTS) is 2. The van der Waals surface area contributed by atoms with E-state index in [4.69, 9.17) is 29.3 Å². The van der Waals surface area contributed by atoms with Crippen LogP contribution in [0.15, 0.2) is 24.4 Å². The molecule has 1 atom stereocenters. The van der Waals surface area contributed by atoms with E-state index in [1.165, 1.54) is 0 Å². The molecule has 16 heteroatoms. The van der Waals surface area contributed by atoms with Crippen molar-refractivity contribution < 1.29 is 60.4 Å². The van der Waals surface area contributed by atoms with Crippen LogP contribution in [0.2, 0.25) is 0 Å². The molecule has 3 rings (SSSR count). The van der Waals surface area contributed by atoms with Crippen molar-refractivity contribution in [3.8, 4) is 0 Å². The molecule has 2 N–H and O–H groups in total. The summed E-state index contributed by atoms with van der Waals surface area (Å²) in [7, 11) is 0. The number of carboxylic acids is 2. The Balaban J connectivity index is 0.000000383. The van der Waals surface area contributed by atoms with Gasteiger partial charge in [0.1, 0.15) is 5.60 Å². The van der Waals surface area contributed by atoms with Crippen molar-refractivity contribution in [2.24, 2.45) is 0 Å². The number of morpholine rings is 1. The molecule has 36 heavy (non-hydrogen) atoms. The van der Waals surface area contributed by atoms with Gasteiger partial charge in [-0.05, 0) is 12.1 Å². The van der Waals surface area contributed by atoms with Gasteiger partial charge in [0.15, 0.2) is 0 Å². The fourth-order valence-corrected chi connectivity index (χ4v) is 3.14. The van der Waals surface area contributed by atoms with Crippen LogP contribution < -0.4 is 0 Å². The van der Waals surface area contributed by atoms with Crippen molar-refractivity contribution in [3.05, 3.63) is 30.1 Å². The fourth-order valence-electron chi connectivity index (χ4n) is 3.14. The van der Waals surface area contributed by atoms with Crippen molar-refractivity contribution in [3.63, 3.8) is 0 Å². The molecule has 0 bridgehead atoms. The Kier molecular flexibility index (Phi) is 11.5. The van der Waals surface area contributed by atoms with Gasteiger partial charge in [-0.2, -0.15) is 26.3 Å². The molecule has 204 valence electrons. The number of hydrogen-bond acceptors (Lipinski definition) is 7. The maximum Gasteiger partial charge on any atom is 0.490 e. The molecule has 0 saturated carbocycles. The monoisotopic (exact) mass is 533 g/mol. The molecule has 1 aromatic rings. The first kappa shape index (κ1) is 31.1. The van der Waals surface area contributed by atoms with E-state index in [1.54, 1.807) is 6.92 Å². The average molecular weight is 533 g/mol. The molecule has 3 heterocycles. The third-order valence-corrected chi connectivity index (χ3v) is 4.72. The zero-order valence-electron chi connectivity index (χ0n) is 19.0. The highest BCUT2D eigenvalue weighted by molar-refractivity contribution is 5.73. The molecule has 1 aromatic heterocycles. The number of amides is 1. The van der Waals surface area contributed by atoms with Crippen LogP contribution in [0.25, 0.3) is 0 Å². The molecular formula is C20H25F6N3O7. The number of aliphatic carboxylic acids is 2. The van der Waals surface area contributed by atoms with Gasteiger partial charge in [0.05, 0.1) is 32.1 Å². The van der Waals surface area contributed by atoms with Crippen LogP contribution in [0.1, 0.15) is 12.6 Å². The minimum Gasteiger partial charge on any atom is -0.475 e. The number of carbonyl (C=O) groups is 3. The Labute approximate surface area is 201 Å². The highest BCUT2D eigenvalue weighted by Crippen LogP contribution is 2.23. The summed E-state index contributed by atoms with van der Waals surface area (Å²) < 4.78 is 75.2. The lowest BCUT2D eigenvalue weighted by Crippen LogP contribution is -2.58. The molecule has 1 spiro atoms. The van der Waals surface area contributed by atoms with Gasteiger partial charge in [0, 0.05) is 39.3 Å². The second kappa shape index (κ2) is 13.4. The van der Waals surface area contributed by atoms with Gasteiger partial charge in [-0.25, -0.2) is 9.59 Å². The van der Waals surface area contributed by atoms with E-state index in [9.17, 15) is 31.1 Å². The second-order valence-electron chi connectivity index (χ2n) is 7.66. The summed E-state index contributed by atoms with van der Waals surface area (Å²) in [4.78, 5) is 38.1. The number of ether oxygens (including phenoxy) is 2. The van der Waals surface area contributed by atoms with Gasteiger partial charge >= 0.3 is 24.3 Å². The van der Waals surface area contributed by atoms with Gasteiger partial charge in [0.25, 0.3) is 0 Å². The van der Waals surface area contributed by atoms with Crippen LogP contribution in [0, 0.1) is 0 Å². The normalized spacial score (nSPS) is 20.8. The first-order valence-electron chi connectivity index (χ1n) is 10.3. The number of aromatic nitrogens is 1. The second-order valence-corrected chi connectivity index (χ2v) is 7.66. The molecule has 2 aliphatic rings. The van der Waals surface area contributed by atoms with Crippen molar-refractivity contribution in [1.29, 1.82) is 0 Å². The SMILES string of the molecule is CC(=O)N1CCOCC2(CN(Cc3ccccn3)CCO2)C1.O=C(O)C(F)(F)F.O=C(O)C(F)(F)F. The van der Waals surface area contributed by atoms with Crippen molar-refractivity contribution in [2.75, 3.05) is 46.0 Å². The molecule has 2 aliphatic heterocycles. The summed E-state index contributed by atoms with van der Waals surface area (Å²) in [5.41, 5.74) is 0.632. The standard InChI is InChI=1S/C16H23N3O3.2C2HF3O2/c1-14(20)19-7-8-21-13-16(12-19)11-18(6-9-22-16)10-15-4-2-3-5-17-15;2*3-2(4,5)1(6)7/h2-5H,6-13H2,1H3;2*(H,6,7). The number of hydrogen-bond donors (Lipinski definition) is 2. The first-order chi connectivity index (χ1) is 16.6. The third kappa shape index (κ3) is 11.2. The quantitative estimate of drug-likeness (QED) is 0.547. The first-order valence-corrected chi connectivity index (χ1v) is 10.3. The molecule has 1 unspecified atom stereocenters. The highest BCUT2D eigenvalue weighted by Gasteiger charge is 2.41. The number of nitrogens with zero attached hydrogens (tertiary/aromatic N) is 3. The molecule has 1 amide bonds. The Morgan fingerprint density at radius 1 is 1.00 bits per heavy atom. The number of pyridine rings is 1. The predicted octanol–water partition coefficient (Wildman–Crippen LogP) is 1.80. The molecule has 0 radical (unpaired) electrons. The summed E-state index contributed by atoms with van der Waals surface area (Å²) >= 11 is 0. The average Bonchev–Trinajstić information content (AvgIpc) is 2.97. The number of rotatable bonds is 2. The molecule has 10 nitrogen and oxygen atoms in total. The van der Waals surface area contributed by atoms with Crippen LogP contribution in [0.3, 0.4) is 0 Å². The van der Waals surface area contributed by atoms with Crippen LogP contribution in [-0.2, 0) is 30.4 Å². The van der Waals surface area contributed by atoms with Gasteiger partial charge in [-0.1, -0.05) is 6.07 Å². The molecular weight excluding hydrogens is 508 g/mol. The Hall–Kier alpha value is -2.98. The smallest absolute Gasteiger partial charge is 0.475 e. The van der Waals surface area contributed by atoms with Crippen LogP contribution in [0.4, 0.5) is 26.3 Å². The minimum atomic E-state index is -5.08. The summed E-state index contributed by atoms with van der Waals surface area (Å²) in [5, 5.41) is 14.2. The fraction of sp³-hybridized carbons (Fsp3) is 0.600. The van der Waals surface area contributed by atoms with Crippen molar-refractivity contribution >= 4 is 17.8 Å². The van der Waals surface area contributed by atoms with Gasteiger partial charge < -0.3 is 24.6 Å². The molecule has 0 aromatic carbocycles. The lowest BCUT2D eigenvalue weighted by Gasteiger charge is -2.43. The third-order valence-electron chi connectivity index (χ3n) is 4.72. The van der Waals surface area contributed by atoms with Crippen molar-refractivity contribution in [1.82, 2.24) is 14.8 Å². The lowest BCUT2D eigenvalue weighted by atomic mass is 10.0. The Bertz CT molecular complexity index is 846. The Morgan fingerprint density at radius 3 is 2.06 bits per heavy atom. The molecule has 2 fully saturated rings. The largest absolute Gasteiger partial charge is 0.490 e. The van der Waals surface area contributed by atoms with E-state index >= 15 is 0 Å². The zero-order valence-corrected chi connectivity index (χ0v) is 19.0. The van der Waals surface area contributed by atoms with Gasteiger partial charge in [-0.15, -0.1) is 0 Å².